The zero-order valence-corrected chi connectivity index (χ0v) is 10.3. The minimum Gasteiger partial charge on any atom is -0.479 e. The van der Waals surface area contributed by atoms with E-state index in [1.807, 2.05) is 0 Å². The molecule has 0 saturated carbocycles. The minimum atomic E-state index is -3.16. The lowest BCUT2D eigenvalue weighted by atomic mass is 10.5. The van der Waals surface area contributed by atoms with E-state index in [1.165, 1.54) is 0 Å². The van der Waals surface area contributed by atoms with Crippen LogP contribution in [0.2, 0.25) is 0 Å². The summed E-state index contributed by atoms with van der Waals surface area (Å²) >= 11 is 0. The Balaban J connectivity index is 2.24. The molecule has 0 aliphatic heterocycles. The van der Waals surface area contributed by atoms with E-state index in [0.717, 1.165) is 0 Å². The summed E-state index contributed by atoms with van der Waals surface area (Å²) in [6, 6.07) is 3.53. The highest BCUT2D eigenvalue weighted by Crippen LogP contribution is 2.04. The Kier molecular flexibility index (Phi) is 5.46. The Labute approximate surface area is 101 Å². The van der Waals surface area contributed by atoms with Crippen LogP contribution in [0.1, 0.15) is 6.92 Å². The predicted octanol–water partition coefficient (Wildman–Crippen LogP) is 0.403. The number of sulfonamides is 1. The molecule has 1 aromatic heterocycles. The SMILES string of the molecule is CCS(=O)(=O)NCC#CCOc1cccnc1. The highest BCUT2D eigenvalue weighted by atomic mass is 32.2. The fraction of sp³-hybridized carbons (Fsp3) is 0.364. The molecule has 0 atom stereocenters. The van der Waals surface area contributed by atoms with E-state index >= 15 is 0 Å². The molecule has 17 heavy (non-hydrogen) atoms. The predicted molar refractivity (Wildman–Crippen MR) is 65.0 cm³/mol. The van der Waals surface area contributed by atoms with Gasteiger partial charge in [-0.05, 0) is 19.1 Å². The molecule has 0 spiro atoms. The van der Waals surface area contributed by atoms with Crippen LogP contribution in [0, 0.1) is 11.8 Å². The van der Waals surface area contributed by atoms with Crippen LogP contribution in [0.25, 0.3) is 0 Å². The van der Waals surface area contributed by atoms with Gasteiger partial charge in [-0.1, -0.05) is 11.8 Å². The van der Waals surface area contributed by atoms with E-state index in [4.69, 9.17) is 4.74 Å². The van der Waals surface area contributed by atoms with Crippen molar-refractivity contribution in [2.75, 3.05) is 18.9 Å². The van der Waals surface area contributed by atoms with Crippen LogP contribution < -0.4 is 9.46 Å². The highest BCUT2D eigenvalue weighted by molar-refractivity contribution is 7.89. The third-order valence-electron chi connectivity index (χ3n) is 1.83. The van der Waals surface area contributed by atoms with Gasteiger partial charge in [-0.25, -0.2) is 13.1 Å². The van der Waals surface area contributed by atoms with Gasteiger partial charge in [0, 0.05) is 6.20 Å². The fourth-order valence-electron chi connectivity index (χ4n) is 0.914. The Morgan fingerprint density at radius 2 is 2.29 bits per heavy atom. The van der Waals surface area contributed by atoms with Crippen molar-refractivity contribution < 1.29 is 13.2 Å². The van der Waals surface area contributed by atoms with E-state index in [2.05, 4.69) is 21.5 Å². The van der Waals surface area contributed by atoms with Crippen molar-refractivity contribution >= 4 is 10.0 Å². The molecule has 0 aromatic carbocycles. The molecule has 0 fully saturated rings. The van der Waals surface area contributed by atoms with Crippen LogP contribution in [-0.4, -0.2) is 32.3 Å². The van der Waals surface area contributed by atoms with Crippen molar-refractivity contribution in [3.63, 3.8) is 0 Å². The standard InChI is InChI=1S/C11H14N2O3S/c1-2-17(14,15)13-8-3-4-9-16-11-6-5-7-12-10-11/h5-7,10,13H,2,8-9H2,1H3. The number of hydrogen-bond donors (Lipinski definition) is 1. The van der Waals surface area contributed by atoms with Crippen LogP contribution in [0.15, 0.2) is 24.5 Å². The Morgan fingerprint density at radius 1 is 1.47 bits per heavy atom. The van der Waals surface area contributed by atoms with Crippen LogP contribution in [0.4, 0.5) is 0 Å². The average molecular weight is 254 g/mol. The van der Waals surface area contributed by atoms with E-state index in [-0.39, 0.29) is 18.9 Å². The second-order valence-corrected chi connectivity index (χ2v) is 5.15. The molecule has 92 valence electrons. The summed E-state index contributed by atoms with van der Waals surface area (Å²) < 4.78 is 29.7. The van der Waals surface area contributed by atoms with E-state index < -0.39 is 10.0 Å². The topological polar surface area (TPSA) is 68.3 Å². The maximum atomic E-state index is 11.0. The maximum Gasteiger partial charge on any atom is 0.212 e. The third-order valence-corrected chi connectivity index (χ3v) is 3.18. The lowest BCUT2D eigenvalue weighted by Crippen LogP contribution is -2.25. The van der Waals surface area contributed by atoms with Crippen molar-refractivity contribution in [1.82, 2.24) is 9.71 Å². The van der Waals surface area contributed by atoms with Crippen molar-refractivity contribution in [2.45, 2.75) is 6.92 Å². The minimum absolute atomic E-state index is 0.0564. The Morgan fingerprint density at radius 3 is 2.94 bits per heavy atom. The van der Waals surface area contributed by atoms with Gasteiger partial charge in [-0.2, -0.15) is 0 Å². The molecule has 0 radical (unpaired) electrons. The lowest BCUT2D eigenvalue weighted by molar-refractivity contribution is 0.368. The molecule has 1 rings (SSSR count). The first-order chi connectivity index (χ1) is 8.14. The average Bonchev–Trinajstić information content (AvgIpc) is 2.35. The molecular weight excluding hydrogens is 240 g/mol. The van der Waals surface area contributed by atoms with Gasteiger partial charge in [0.2, 0.25) is 10.0 Å². The summed E-state index contributed by atoms with van der Waals surface area (Å²) in [6.07, 6.45) is 3.24. The molecule has 1 aromatic rings. The van der Waals surface area contributed by atoms with Crippen LogP contribution in [0.3, 0.4) is 0 Å². The smallest absolute Gasteiger partial charge is 0.212 e. The van der Waals surface area contributed by atoms with Gasteiger partial charge < -0.3 is 4.74 Å². The molecule has 0 aliphatic rings. The monoisotopic (exact) mass is 254 g/mol. The molecule has 1 N–H and O–H groups in total. The first kappa shape index (κ1) is 13.5. The van der Waals surface area contributed by atoms with E-state index in [0.29, 0.717) is 5.75 Å². The molecule has 1 heterocycles. The number of rotatable bonds is 5. The largest absolute Gasteiger partial charge is 0.479 e. The van der Waals surface area contributed by atoms with Crippen molar-refractivity contribution in [2.24, 2.45) is 0 Å². The first-order valence-electron chi connectivity index (χ1n) is 5.10. The number of nitrogens with one attached hydrogen (secondary N) is 1. The molecule has 6 heteroatoms. The first-order valence-corrected chi connectivity index (χ1v) is 6.75. The van der Waals surface area contributed by atoms with Crippen molar-refractivity contribution in [3.8, 4) is 17.6 Å². The van der Waals surface area contributed by atoms with Crippen LogP contribution >= 0.6 is 0 Å². The van der Waals surface area contributed by atoms with Gasteiger partial charge >= 0.3 is 0 Å². The summed E-state index contributed by atoms with van der Waals surface area (Å²) in [7, 11) is -3.16. The quantitative estimate of drug-likeness (QED) is 0.772. The summed E-state index contributed by atoms with van der Waals surface area (Å²) in [6.45, 7) is 1.88. The van der Waals surface area contributed by atoms with E-state index in [9.17, 15) is 8.42 Å². The summed E-state index contributed by atoms with van der Waals surface area (Å²) in [5.74, 6) is 6.06. The van der Waals surface area contributed by atoms with Crippen molar-refractivity contribution in [3.05, 3.63) is 24.5 Å². The number of pyridine rings is 1. The zero-order valence-electron chi connectivity index (χ0n) is 9.51. The fourth-order valence-corrected chi connectivity index (χ4v) is 1.41. The molecular formula is C11H14N2O3S. The normalized spacial score (nSPS) is 10.4. The van der Waals surface area contributed by atoms with Gasteiger partial charge in [0.1, 0.15) is 12.4 Å². The molecule has 0 bridgehead atoms. The Hall–Kier alpha value is -1.58. The molecule has 0 amide bonds. The molecule has 0 saturated heterocycles. The lowest BCUT2D eigenvalue weighted by Gasteiger charge is -1.99. The van der Waals surface area contributed by atoms with E-state index in [1.54, 1.807) is 31.5 Å². The van der Waals surface area contributed by atoms with Gasteiger partial charge in [0.25, 0.3) is 0 Å². The number of ether oxygens (including phenoxy) is 1. The number of aromatic nitrogens is 1. The second kappa shape index (κ2) is 6.89. The van der Waals surface area contributed by atoms with Gasteiger partial charge in [-0.15, -0.1) is 0 Å². The number of nitrogens with zero attached hydrogens (tertiary/aromatic N) is 1. The Bertz CT molecular complexity index is 488. The zero-order chi connectivity index (χ0) is 12.6. The molecule has 0 unspecified atom stereocenters. The molecule has 0 aliphatic carbocycles. The van der Waals surface area contributed by atoms with Gasteiger partial charge in [0.15, 0.2) is 0 Å². The highest BCUT2D eigenvalue weighted by Gasteiger charge is 2.02. The second-order valence-electron chi connectivity index (χ2n) is 3.06. The summed E-state index contributed by atoms with van der Waals surface area (Å²) in [4.78, 5) is 3.88. The number of hydrogen-bond acceptors (Lipinski definition) is 4. The summed E-state index contributed by atoms with van der Waals surface area (Å²) in [5.41, 5.74) is 0. The van der Waals surface area contributed by atoms with Gasteiger partial charge in [0.05, 0.1) is 18.5 Å². The van der Waals surface area contributed by atoms with Crippen LogP contribution in [-0.2, 0) is 10.0 Å². The third kappa shape index (κ3) is 5.90. The molecule has 5 nitrogen and oxygen atoms in total. The van der Waals surface area contributed by atoms with Gasteiger partial charge in [-0.3, -0.25) is 4.98 Å². The van der Waals surface area contributed by atoms with Crippen LogP contribution in [0.5, 0.6) is 5.75 Å². The summed E-state index contributed by atoms with van der Waals surface area (Å²) in [5, 5.41) is 0. The maximum absolute atomic E-state index is 11.0. The van der Waals surface area contributed by atoms with Crippen molar-refractivity contribution in [1.29, 1.82) is 0 Å².